The summed E-state index contributed by atoms with van der Waals surface area (Å²) in [5.74, 6) is 0.673. The van der Waals surface area contributed by atoms with Crippen molar-refractivity contribution in [1.29, 1.82) is 0 Å². The summed E-state index contributed by atoms with van der Waals surface area (Å²) < 4.78 is 38.7. The van der Waals surface area contributed by atoms with Crippen LogP contribution in [0.5, 0.6) is 0 Å². The maximum absolute atomic E-state index is 12.9. The Morgan fingerprint density at radius 2 is 1.27 bits per heavy atom. The molecule has 0 amide bonds. The lowest BCUT2D eigenvalue weighted by Crippen LogP contribution is -2.04. The zero-order chi connectivity index (χ0) is 16.5. The molecular formula is C19H21F3. The van der Waals surface area contributed by atoms with Crippen molar-refractivity contribution in [2.24, 2.45) is 0 Å². The largest absolute Gasteiger partial charge is 0.416 e. The van der Waals surface area contributed by atoms with Gasteiger partial charge in [-0.05, 0) is 46.2 Å². The lowest BCUT2D eigenvalue weighted by molar-refractivity contribution is -0.137. The van der Waals surface area contributed by atoms with E-state index in [-0.39, 0.29) is 0 Å². The zero-order valence-corrected chi connectivity index (χ0v) is 13.3. The van der Waals surface area contributed by atoms with Gasteiger partial charge in [0.15, 0.2) is 0 Å². The molecule has 0 aliphatic heterocycles. The second-order valence-electron chi connectivity index (χ2n) is 6.28. The van der Waals surface area contributed by atoms with Crippen molar-refractivity contribution in [2.75, 3.05) is 0 Å². The molecule has 0 fully saturated rings. The summed E-state index contributed by atoms with van der Waals surface area (Å²) in [6, 6.07) is 11.7. The van der Waals surface area contributed by atoms with Crippen molar-refractivity contribution in [3.8, 4) is 11.1 Å². The monoisotopic (exact) mass is 306 g/mol. The fourth-order valence-corrected chi connectivity index (χ4v) is 2.38. The molecule has 0 saturated heterocycles. The van der Waals surface area contributed by atoms with Gasteiger partial charge in [0.05, 0.1) is 5.56 Å². The minimum atomic E-state index is -4.31. The van der Waals surface area contributed by atoms with Crippen LogP contribution in [0.2, 0.25) is 0 Å². The Morgan fingerprint density at radius 3 is 1.73 bits per heavy atom. The van der Waals surface area contributed by atoms with Gasteiger partial charge in [-0.25, -0.2) is 0 Å². The molecule has 0 nitrogen and oxygen atoms in total. The summed E-state index contributed by atoms with van der Waals surface area (Å²) in [5.41, 5.74) is 3.16. The first-order valence-corrected chi connectivity index (χ1v) is 7.51. The molecule has 2 rings (SSSR count). The first-order valence-electron chi connectivity index (χ1n) is 7.51. The number of hydrogen-bond acceptors (Lipinski definition) is 0. The number of alkyl halides is 3. The highest BCUT2D eigenvalue weighted by molar-refractivity contribution is 5.66. The SMILES string of the molecule is CC(C)c1cc(-c2cccc(C(F)(F)F)c2)cc(C(C)C)c1. The first-order chi connectivity index (χ1) is 10.2. The van der Waals surface area contributed by atoms with Crippen molar-refractivity contribution in [3.63, 3.8) is 0 Å². The van der Waals surface area contributed by atoms with E-state index in [9.17, 15) is 13.2 Å². The molecule has 0 N–H and O–H groups in total. The van der Waals surface area contributed by atoms with Crippen LogP contribution in [0.1, 0.15) is 56.2 Å². The van der Waals surface area contributed by atoms with E-state index in [1.165, 1.54) is 12.1 Å². The quantitative estimate of drug-likeness (QED) is 0.598. The summed E-state index contributed by atoms with van der Waals surface area (Å²) >= 11 is 0. The zero-order valence-electron chi connectivity index (χ0n) is 13.3. The van der Waals surface area contributed by atoms with Crippen molar-refractivity contribution >= 4 is 0 Å². The second-order valence-corrected chi connectivity index (χ2v) is 6.28. The maximum Gasteiger partial charge on any atom is 0.416 e. The molecule has 0 unspecified atom stereocenters. The Balaban J connectivity index is 2.57. The van der Waals surface area contributed by atoms with Crippen LogP contribution >= 0.6 is 0 Å². The Labute approximate surface area is 130 Å². The Kier molecular flexibility index (Phi) is 4.64. The minimum Gasteiger partial charge on any atom is -0.166 e. The van der Waals surface area contributed by atoms with Crippen LogP contribution in [-0.2, 0) is 6.18 Å². The predicted molar refractivity (Wildman–Crippen MR) is 85.1 cm³/mol. The summed E-state index contributed by atoms with van der Waals surface area (Å²) in [6.45, 7) is 8.37. The van der Waals surface area contributed by atoms with Crippen molar-refractivity contribution < 1.29 is 13.2 Å². The lowest BCUT2D eigenvalue weighted by Gasteiger charge is -2.15. The van der Waals surface area contributed by atoms with Crippen molar-refractivity contribution in [3.05, 3.63) is 59.2 Å². The van der Waals surface area contributed by atoms with Gasteiger partial charge in [0.1, 0.15) is 0 Å². The molecular weight excluding hydrogens is 285 g/mol. The molecule has 3 heteroatoms. The molecule has 0 bridgehead atoms. The lowest BCUT2D eigenvalue weighted by atomic mass is 9.90. The molecule has 0 aliphatic carbocycles. The topological polar surface area (TPSA) is 0 Å². The average Bonchev–Trinajstić information content (AvgIpc) is 2.46. The highest BCUT2D eigenvalue weighted by Gasteiger charge is 2.30. The van der Waals surface area contributed by atoms with Crippen LogP contribution < -0.4 is 0 Å². The highest BCUT2D eigenvalue weighted by Crippen LogP contribution is 2.34. The molecule has 2 aromatic carbocycles. The fourth-order valence-electron chi connectivity index (χ4n) is 2.38. The summed E-state index contributed by atoms with van der Waals surface area (Å²) in [6.07, 6.45) is -4.31. The third-order valence-electron chi connectivity index (χ3n) is 3.83. The summed E-state index contributed by atoms with van der Waals surface area (Å²) in [7, 11) is 0. The van der Waals surface area contributed by atoms with E-state index in [0.717, 1.165) is 22.8 Å². The predicted octanol–water partition coefficient (Wildman–Crippen LogP) is 6.62. The number of benzene rings is 2. The van der Waals surface area contributed by atoms with Crippen LogP contribution in [0.4, 0.5) is 13.2 Å². The van der Waals surface area contributed by atoms with Gasteiger partial charge in [-0.15, -0.1) is 0 Å². The smallest absolute Gasteiger partial charge is 0.166 e. The Hall–Kier alpha value is -1.77. The standard InChI is InChI=1S/C19H21F3/c1-12(2)15-8-16(13(3)4)10-17(9-15)14-6-5-7-18(11-14)19(20,21)22/h5-13H,1-4H3. The third kappa shape index (κ3) is 3.70. The fraction of sp³-hybridized carbons (Fsp3) is 0.368. The van der Waals surface area contributed by atoms with E-state index < -0.39 is 11.7 Å². The minimum absolute atomic E-state index is 0.336. The molecule has 0 saturated carbocycles. The Morgan fingerprint density at radius 1 is 0.727 bits per heavy atom. The van der Waals surface area contributed by atoms with E-state index in [1.54, 1.807) is 6.07 Å². The molecule has 22 heavy (non-hydrogen) atoms. The molecule has 0 aromatic heterocycles. The molecule has 0 radical (unpaired) electrons. The van der Waals surface area contributed by atoms with Gasteiger partial charge in [-0.1, -0.05) is 58.0 Å². The van der Waals surface area contributed by atoms with Gasteiger partial charge in [-0.3, -0.25) is 0 Å². The number of rotatable bonds is 3. The van der Waals surface area contributed by atoms with E-state index in [1.807, 2.05) is 12.1 Å². The van der Waals surface area contributed by atoms with Crippen LogP contribution in [0.25, 0.3) is 11.1 Å². The molecule has 118 valence electrons. The Bertz CT molecular complexity index is 626. The molecule has 2 aromatic rings. The molecule has 0 heterocycles. The number of halogens is 3. The first kappa shape index (κ1) is 16.6. The maximum atomic E-state index is 12.9. The van der Waals surface area contributed by atoms with E-state index in [0.29, 0.717) is 17.4 Å². The van der Waals surface area contributed by atoms with Crippen molar-refractivity contribution in [1.82, 2.24) is 0 Å². The molecule has 0 atom stereocenters. The molecule has 0 spiro atoms. The van der Waals surface area contributed by atoms with E-state index in [2.05, 4.69) is 33.8 Å². The summed E-state index contributed by atoms with van der Waals surface area (Å²) in [4.78, 5) is 0. The average molecular weight is 306 g/mol. The van der Waals surface area contributed by atoms with E-state index >= 15 is 0 Å². The third-order valence-corrected chi connectivity index (χ3v) is 3.83. The highest BCUT2D eigenvalue weighted by atomic mass is 19.4. The van der Waals surface area contributed by atoms with Gasteiger partial charge in [0.25, 0.3) is 0 Å². The van der Waals surface area contributed by atoms with Gasteiger partial charge in [0.2, 0.25) is 0 Å². The summed E-state index contributed by atoms with van der Waals surface area (Å²) in [5, 5.41) is 0. The van der Waals surface area contributed by atoms with Crippen LogP contribution in [0.3, 0.4) is 0 Å². The van der Waals surface area contributed by atoms with Gasteiger partial charge in [-0.2, -0.15) is 13.2 Å². The van der Waals surface area contributed by atoms with E-state index in [4.69, 9.17) is 0 Å². The van der Waals surface area contributed by atoms with Gasteiger partial charge in [0, 0.05) is 0 Å². The van der Waals surface area contributed by atoms with Crippen LogP contribution in [0.15, 0.2) is 42.5 Å². The normalized spacial score (nSPS) is 12.2. The number of hydrogen-bond donors (Lipinski definition) is 0. The van der Waals surface area contributed by atoms with Crippen LogP contribution in [0, 0.1) is 0 Å². The second kappa shape index (κ2) is 6.15. The van der Waals surface area contributed by atoms with Gasteiger partial charge < -0.3 is 0 Å². The van der Waals surface area contributed by atoms with Gasteiger partial charge >= 0.3 is 6.18 Å². The van der Waals surface area contributed by atoms with Crippen molar-refractivity contribution in [2.45, 2.75) is 45.7 Å². The van der Waals surface area contributed by atoms with Crippen LogP contribution in [-0.4, -0.2) is 0 Å². The molecule has 0 aliphatic rings.